The fraction of sp³-hybridized carbons (Fsp3) is 0.643. The van der Waals surface area contributed by atoms with Crippen LogP contribution in [0.15, 0.2) is 18.3 Å². The fourth-order valence-corrected chi connectivity index (χ4v) is 1.83. The molecule has 0 atom stereocenters. The molecule has 1 heterocycles. The second kappa shape index (κ2) is 6.60. The first-order chi connectivity index (χ1) is 8.02. The van der Waals surface area contributed by atoms with Crippen LogP contribution in [0.1, 0.15) is 33.3 Å². The first kappa shape index (κ1) is 14.0. The minimum absolute atomic E-state index is 0.571. The molecule has 0 aliphatic rings. The number of nitrogens with zero attached hydrogens (tertiary/aromatic N) is 2. The molecule has 1 aromatic rings. The van der Waals surface area contributed by atoms with Gasteiger partial charge in [0.1, 0.15) is 5.82 Å². The molecule has 3 heteroatoms. The molecule has 0 saturated heterocycles. The molecule has 1 rings (SSSR count). The van der Waals surface area contributed by atoms with Crippen LogP contribution in [0.25, 0.3) is 0 Å². The summed E-state index contributed by atoms with van der Waals surface area (Å²) in [6.07, 6.45) is 1.96. The van der Waals surface area contributed by atoms with Crippen molar-refractivity contribution >= 4 is 5.82 Å². The summed E-state index contributed by atoms with van der Waals surface area (Å²) in [4.78, 5) is 6.84. The highest BCUT2D eigenvalue weighted by atomic mass is 15.1. The molecule has 0 unspecified atom stereocenters. The van der Waals surface area contributed by atoms with Crippen molar-refractivity contribution in [1.82, 2.24) is 9.88 Å². The lowest BCUT2D eigenvalue weighted by Crippen LogP contribution is -2.33. The molecule has 0 saturated carbocycles. The van der Waals surface area contributed by atoms with E-state index < -0.39 is 0 Å². The third kappa shape index (κ3) is 4.73. The smallest absolute Gasteiger partial charge is 0.125 e. The molecule has 3 nitrogen and oxygen atoms in total. The van der Waals surface area contributed by atoms with Crippen molar-refractivity contribution in [3.63, 3.8) is 0 Å². The van der Waals surface area contributed by atoms with E-state index in [1.54, 1.807) is 0 Å². The zero-order valence-corrected chi connectivity index (χ0v) is 11.7. The number of nitrogens with one attached hydrogen (secondary N) is 1. The second-order valence-electron chi connectivity index (χ2n) is 5.22. The normalized spacial score (nSPS) is 11.5. The summed E-state index contributed by atoms with van der Waals surface area (Å²) in [6.45, 7) is 11.1. The summed E-state index contributed by atoms with van der Waals surface area (Å²) in [7, 11) is 1.89. The van der Waals surface area contributed by atoms with E-state index in [0.717, 1.165) is 18.9 Å². The van der Waals surface area contributed by atoms with Crippen LogP contribution in [0.5, 0.6) is 0 Å². The third-order valence-corrected chi connectivity index (χ3v) is 2.80. The average molecular weight is 235 g/mol. The van der Waals surface area contributed by atoms with Gasteiger partial charge in [0.15, 0.2) is 0 Å². The van der Waals surface area contributed by atoms with Gasteiger partial charge in [-0.1, -0.05) is 19.9 Å². The molecule has 0 aromatic carbocycles. The highest BCUT2D eigenvalue weighted by Crippen LogP contribution is 2.11. The van der Waals surface area contributed by atoms with Crippen molar-refractivity contribution in [3.8, 4) is 0 Å². The lowest BCUT2D eigenvalue weighted by atomic mass is 10.1. The lowest BCUT2D eigenvalue weighted by Gasteiger charge is -2.28. The predicted molar refractivity (Wildman–Crippen MR) is 74.2 cm³/mol. The molecule has 1 aromatic heterocycles. The van der Waals surface area contributed by atoms with E-state index in [1.165, 1.54) is 5.56 Å². The van der Waals surface area contributed by atoms with Gasteiger partial charge in [0.25, 0.3) is 0 Å². The molecular weight excluding hydrogens is 210 g/mol. The van der Waals surface area contributed by atoms with E-state index in [2.05, 4.69) is 49.0 Å². The molecule has 0 amide bonds. The summed E-state index contributed by atoms with van der Waals surface area (Å²) in [5.74, 6) is 1.62. The van der Waals surface area contributed by atoms with Gasteiger partial charge < -0.3 is 5.32 Å². The van der Waals surface area contributed by atoms with Crippen molar-refractivity contribution < 1.29 is 0 Å². The number of hydrogen-bond acceptors (Lipinski definition) is 3. The zero-order chi connectivity index (χ0) is 12.8. The highest BCUT2D eigenvalue weighted by Gasteiger charge is 2.11. The molecule has 17 heavy (non-hydrogen) atoms. The minimum Gasteiger partial charge on any atom is -0.373 e. The fourth-order valence-electron chi connectivity index (χ4n) is 1.83. The van der Waals surface area contributed by atoms with Crippen LogP contribution < -0.4 is 5.32 Å². The maximum absolute atomic E-state index is 4.35. The summed E-state index contributed by atoms with van der Waals surface area (Å²) in [5, 5.41) is 3.04. The van der Waals surface area contributed by atoms with Gasteiger partial charge in [0, 0.05) is 32.4 Å². The number of pyridine rings is 1. The van der Waals surface area contributed by atoms with Crippen LogP contribution in [-0.2, 0) is 6.54 Å². The van der Waals surface area contributed by atoms with Gasteiger partial charge in [0.2, 0.25) is 0 Å². The Hall–Kier alpha value is -1.09. The Morgan fingerprint density at radius 2 is 1.94 bits per heavy atom. The Labute approximate surface area is 105 Å². The van der Waals surface area contributed by atoms with Crippen molar-refractivity contribution in [3.05, 3.63) is 23.9 Å². The van der Waals surface area contributed by atoms with Gasteiger partial charge in [-0.15, -0.1) is 0 Å². The Bertz CT molecular complexity index is 317. The highest BCUT2D eigenvalue weighted by molar-refractivity contribution is 5.34. The van der Waals surface area contributed by atoms with E-state index in [-0.39, 0.29) is 0 Å². The molecule has 1 N–H and O–H groups in total. The second-order valence-corrected chi connectivity index (χ2v) is 5.22. The standard InChI is InChI=1S/C14H25N3/c1-11(2)9-17(12(3)4)10-13-6-7-14(15-5)16-8-13/h6-8,11-12H,9-10H2,1-5H3,(H,15,16). The molecule has 0 bridgehead atoms. The number of anilines is 1. The van der Waals surface area contributed by atoms with E-state index in [0.29, 0.717) is 12.0 Å². The minimum atomic E-state index is 0.571. The van der Waals surface area contributed by atoms with Gasteiger partial charge in [-0.2, -0.15) is 0 Å². The number of aromatic nitrogens is 1. The SMILES string of the molecule is CNc1ccc(CN(CC(C)C)C(C)C)cn1. The van der Waals surface area contributed by atoms with Gasteiger partial charge in [-0.25, -0.2) is 4.98 Å². The molecule has 0 fully saturated rings. The first-order valence-corrected chi connectivity index (χ1v) is 6.39. The van der Waals surface area contributed by atoms with Gasteiger partial charge in [-0.3, -0.25) is 4.90 Å². The molecule has 0 aliphatic carbocycles. The average Bonchev–Trinajstić information content (AvgIpc) is 2.28. The van der Waals surface area contributed by atoms with Gasteiger partial charge in [0.05, 0.1) is 0 Å². The summed E-state index contributed by atoms with van der Waals surface area (Å²) < 4.78 is 0. The monoisotopic (exact) mass is 235 g/mol. The quantitative estimate of drug-likeness (QED) is 0.821. The van der Waals surface area contributed by atoms with Crippen molar-refractivity contribution in [2.45, 2.75) is 40.3 Å². The summed E-state index contributed by atoms with van der Waals surface area (Å²) in [5.41, 5.74) is 1.28. The van der Waals surface area contributed by atoms with Gasteiger partial charge in [-0.05, 0) is 31.4 Å². The topological polar surface area (TPSA) is 28.2 Å². The van der Waals surface area contributed by atoms with Crippen LogP contribution in [0.3, 0.4) is 0 Å². The molecule has 96 valence electrons. The summed E-state index contributed by atoms with van der Waals surface area (Å²) in [6, 6.07) is 4.75. The van der Waals surface area contributed by atoms with Gasteiger partial charge >= 0.3 is 0 Å². The Morgan fingerprint density at radius 3 is 2.35 bits per heavy atom. The van der Waals surface area contributed by atoms with E-state index in [1.807, 2.05) is 19.3 Å². The van der Waals surface area contributed by atoms with Crippen LogP contribution in [0.4, 0.5) is 5.82 Å². The van der Waals surface area contributed by atoms with Crippen LogP contribution in [0.2, 0.25) is 0 Å². The number of hydrogen-bond donors (Lipinski definition) is 1. The Balaban J connectivity index is 2.65. The predicted octanol–water partition coefficient (Wildman–Crippen LogP) is 2.99. The third-order valence-electron chi connectivity index (χ3n) is 2.80. The number of rotatable bonds is 6. The molecule has 0 aliphatic heterocycles. The molecule has 0 spiro atoms. The lowest BCUT2D eigenvalue weighted by molar-refractivity contribution is 0.189. The van der Waals surface area contributed by atoms with Crippen molar-refractivity contribution in [2.75, 3.05) is 18.9 Å². The summed E-state index contributed by atoms with van der Waals surface area (Å²) >= 11 is 0. The van der Waals surface area contributed by atoms with Crippen molar-refractivity contribution in [2.24, 2.45) is 5.92 Å². The van der Waals surface area contributed by atoms with Crippen LogP contribution >= 0.6 is 0 Å². The van der Waals surface area contributed by atoms with E-state index in [4.69, 9.17) is 0 Å². The Kier molecular flexibility index (Phi) is 5.42. The molecular formula is C14H25N3. The van der Waals surface area contributed by atoms with E-state index >= 15 is 0 Å². The maximum atomic E-state index is 4.35. The maximum Gasteiger partial charge on any atom is 0.125 e. The van der Waals surface area contributed by atoms with Crippen LogP contribution in [-0.4, -0.2) is 29.5 Å². The first-order valence-electron chi connectivity index (χ1n) is 6.39. The molecule has 0 radical (unpaired) electrons. The van der Waals surface area contributed by atoms with E-state index in [9.17, 15) is 0 Å². The van der Waals surface area contributed by atoms with Crippen molar-refractivity contribution in [1.29, 1.82) is 0 Å². The largest absolute Gasteiger partial charge is 0.373 e. The Morgan fingerprint density at radius 1 is 1.24 bits per heavy atom. The zero-order valence-electron chi connectivity index (χ0n) is 11.7. The van der Waals surface area contributed by atoms with Crippen LogP contribution in [0, 0.1) is 5.92 Å².